The molecule has 1 saturated heterocycles. The van der Waals surface area contributed by atoms with Crippen molar-refractivity contribution in [3.05, 3.63) is 64.5 Å². The summed E-state index contributed by atoms with van der Waals surface area (Å²) in [6, 6.07) is 10.9. The summed E-state index contributed by atoms with van der Waals surface area (Å²) in [5.74, 6) is -0.261. The smallest absolute Gasteiger partial charge is 0.338 e. The van der Waals surface area contributed by atoms with Crippen molar-refractivity contribution < 1.29 is 14.3 Å². The van der Waals surface area contributed by atoms with Crippen molar-refractivity contribution in [3.8, 4) is 11.1 Å². The summed E-state index contributed by atoms with van der Waals surface area (Å²) in [6.07, 6.45) is 1.98. The maximum absolute atomic E-state index is 13.1. The van der Waals surface area contributed by atoms with Crippen molar-refractivity contribution in [1.82, 2.24) is 9.30 Å². The van der Waals surface area contributed by atoms with E-state index < -0.39 is 0 Å². The van der Waals surface area contributed by atoms with Crippen LogP contribution in [-0.4, -0.2) is 47.7 Å². The molecule has 3 heterocycles. The minimum Gasteiger partial charge on any atom is -0.459 e. The number of ether oxygens (including phenoxy) is 2. The Morgan fingerprint density at radius 1 is 1.00 bits per heavy atom. The quantitative estimate of drug-likeness (QED) is 0.498. The molecule has 1 fully saturated rings. The number of hydrogen-bond acceptors (Lipinski definition) is 4. The Morgan fingerprint density at radius 2 is 1.66 bits per heavy atom. The molecule has 170 valence electrons. The summed E-state index contributed by atoms with van der Waals surface area (Å²) in [4.78, 5) is 15.5. The maximum Gasteiger partial charge on any atom is 0.338 e. The number of fused-ring (bicyclic) bond motifs is 1. The largest absolute Gasteiger partial charge is 0.459 e. The molecule has 0 radical (unpaired) electrons. The second kappa shape index (κ2) is 9.08. The highest BCUT2D eigenvalue weighted by Gasteiger charge is 2.26. The number of aromatic nitrogens is 1. The van der Waals surface area contributed by atoms with Gasteiger partial charge in [-0.25, -0.2) is 4.79 Å². The highest BCUT2D eigenvalue weighted by atomic mass is 16.5. The zero-order valence-corrected chi connectivity index (χ0v) is 20.1. The lowest BCUT2D eigenvalue weighted by atomic mass is 9.98. The van der Waals surface area contributed by atoms with E-state index in [4.69, 9.17) is 9.47 Å². The molecule has 5 nitrogen and oxygen atoms in total. The van der Waals surface area contributed by atoms with Gasteiger partial charge in [-0.05, 0) is 64.8 Å². The molecular weight excluding hydrogens is 400 g/mol. The number of carbonyl (C=O) groups excluding carboxylic acids is 1. The van der Waals surface area contributed by atoms with Crippen LogP contribution in [0.4, 0.5) is 0 Å². The number of pyridine rings is 1. The first-order valence-electron chi connectivity index (χ1n) is 11.5. The van der Waals surface area contributed by atoms with Gasteiger partial charge in [0.15, 0.2) is 0 Å². The molecule has 5 heteroatoms. The second-order valence-electron chi connectivity index (χ2n) is 9.21. The molecule has 1 atom stereocenters. The van der Waals surface area contributed by atoms with Crippen LogP contribution in [0.5, 0.6) is 0 Å². The van der Waals surface area contributed by atoms with Crippen LogP contribution >= 0.6 is 0 Å². The van der Waals surface area contributed by atoms with E-state index in [9.17, 15) is 4.79 Å². The van der Waals surface area contributed by atoms with Gasteiger partial charge in [-0.1, -0.05) is 29.3 Å². The van der Waals surface area contributed by atoms with Crippen LogP contribution in [-0.2, 0) is 9.47 Å². The summed E-state index contributed by atoms with van der Waals surface area (Å²) in [5, 5.41) is 0. The Hall–Kier alpha value is -2.63. The molecule has 4 rings (SSSR count). The summed E-state index contributed by atoms with van der Waals surface area (Å²) in [5.41, 5.74) is 8.55. The molecule has 3 aromatic rings. The first-order valence-corrected chi connectivity index (χ1v) is 11.5. The third kappa shape index (κ3) is 4.32. The Morgan fingerprint density at radius 3 is 2.28 bits per heavy atom. The number of benzene rings is 1. The van der Waals surface area contributed by atoms with Crippen molar-refractivity contribution in [2.24, 2.45) is 0 Å². The Kier molecular flexibility index (Phi) is 6.40. The molecule has 0 spiro atoms. The van der Waals surface area contributed by atoms with Crippen molar-refractivity contribution in [3.63, 3.8) is 0 Å². The van der Waals surface area contributed by atoms with Crippen molar-refractivity contribution >= 4 is 11.5 Å². The van der Waals surface area contributed by atoms with Gasteiger partial charge in [0.25, 0.3) is 0 Å². The number of carbonyl (C=O) groups is 1. The van der Waals surface area contributed by atoms with E-state index in [0.29, 0.717) is 5.56 Å². The second-order valence-corrected chi connectivity index (χ2v) is 9.21. The number of rotatable bonds is 5. The standard InChI is InChI=1S/C27H34N2O3/c1-17(2)32-27(30)24-16-25-23(22-14-18(3)13-19(4)15-22)7-8-29(25)26(20(24)5)21(6)28-9-11-31-12-10-28/h7-8,13-17,21H,9-12H2,1-6H3. The van der Waals surface area contributed by atoms with Gasteiger partial charge in [-0.3, -0.25) is 4.90 Å². The fourth-order valence-corrected chi connectivity index (χ4v) is 4.88. The number of morpholine rings is 1. The molecule has 1 aromatic carbocycles. The van der Waals surface area contributed by atoms with Gasteiger partial charge in [0.05, 0.1) is 30.4 Å². The summed E-state index contributed by atoms with van der Waals surface area (Å²) in [7, 11) is 0. The summed E-state index contributed by atoms with van der Waals surface area (Å²) >= 11 is 0. The number of nitrogens with zero attached hydrogens (tertiary/aromatic N) is 2. The van der Waals surface area contributed by atoms with E-state index in [2.05, 4.69) is 60.5 Å². The Bertz CT molecular complexity index is 1120. The van der Waals surface area contributed by atoms with Crippen molar-refractivity contribution in [2.45, 2.75) is 53.7 Å². The van der Waals surface area contributed by atoms with Crippen LogP contribution in [0, 0.1) is 20.8 Å². The molecule has 0 N–H and O–H groups in total. The van der Waals surface area contributed by atoms with Crippen LogP contribution in [0.25, 0.3) is 16.6 Å². The monoisotopic (exact) mass is 434 g/mol. The van der Waals surface area contributed by atoms with Crippen LogP contribution < -0.4 is 0 Å². The molecular formula is C27H34N2O3. The predicted molar refractivity (Wildman–Crippen MR) is 128 cm³/mol. The fraction of sp³-hybridized carbons (Fsp3) is 0.444. The Labute approximate surface area is 190 Å². The highest BCUT2D eigenvalue weighted by molar-refractivity contribution is 5.95. The molecule has 1 aliphatic rings. The molecule has 32 heavy (non-hydrogen) atoms. The average Bonchev–Trinajstić information content (AvgIpc) is 3.15. The molecule has 0 bridgehead atoms. The van der Waals surface area contributed by atoms with Gasteiger partial charge < -0.3 is 13.9 Å². The summed E-state index contributed by atoms with van der Waals surface area (Å²) < 4.78 is 13.5. The number of hydrogen-bond donors (Lipinski definition) is 0. The van der Waals surface area contributed by atoms with Gasteiger partial charge in [0, 0.05) is 36.6 Å². The average molecular weight is 435 g/mol. The predicted octanol–water partition coefficient (Wildman–Crippen LogP) is 5.49. The van der Waals surface area contributed by atoms with Crippen LogP contribution in [0.15, 0.2) is 36.5 Å². The molecule has 1 unspecified atom stereocenters. The zero-order valence-electron chi connectivity index (χ0n) is 20.1. The van der Waals surface area contributed by atoms with Gasteiger partial charge in [-0.15, -0.1) is 0 Å². The van der Waals surface area contributed by atoms with Gasteiger partial charge in [0.2, 0.25) is 0 Å². The molecule has 0 saturated carbocycles. The SMILES string of the molecule is Cc1cc(C)cc(-c2ccn3c(C(C)N4CCOCC4)c(C)c(C(=O)OC(C)C)cc23)c1. The van der Waals surface area contributed by atoms with Gasteiger partial charge in [-0.2, -0.15) is 0 Å². The lowest BCUT2D eigenvalue weighted by Crippen LogP contribution is -2.39. The topological polar surface area (TPSA) is 43.2 Å². The number of esters is 1. The Balaban J connectivity index is 1.93. The van der Waals surface area contributed by atoms with Crippen LogP contribution in [0.3, 0.4) is 0 Å². The van der Waals surface area contributed by atoms with Crippen LogP contribution in [0.2, 0.25) is 0 Å². The molecule has 0 amide bonds. The number of aryl methyl sites for hydroxylation is 2. The molecule has 2 aromatic heterocycles. The van der Waals surface area contributed by atoms with Crippen molar-refractivity contribution in [2.75, 3.05) is 26.3 Å². The minimum absolute atomic E-state index is 0.146. The van der Waals surface area contributed by atoms with E-state index in [1.807, 2.05) is 26.8 Å². The highest BCUT2D eigenvalue weighted by Crippen LogP contribution is 2.34. The normalized spacial score (nSPS) is 16.0. The van der Waals surface area contributed by atoms with E-state index in [1.165, 1.54) is 16.7 Å². The third-order valence-corrected chi connectivity index (χ3v) is 6.34. The van der Waals surface area contributed by atoms with E-state index in [1.54, 1.807) is 0 Å². The zero-order chi connectivity index (χ0) is 23.0. The first-order chi connectivity index (χ1) is 15.3. The first kappa shape index (κ1) is 22.6. The molecule has 1 aliphatic heterocycles. The van der Waals surface area contributed by atoms with E-state index in [0.717, 1.165) is 48.6 Å². The van der Waals surface area contributed by atoms with E-state index in [-0.39, 0.29) is 18.1 Å². The summed E-state index contributed by atoms with van der Waals surface area (Å²) in [6.45, 7) is 15.5. The fourth-order valence-electron chi connectivity index (χ4n) is 4.88. The lowest BCUT2D eigenvalue weighted by Gasteiger charge is -2.34. The van der Waals surface area contributed by atoms with Gasteiger partial charge in [0.1, 0.15) is 0 Å². The third-order valence-electron chi connectivity index (χ3n) is 6.34. The van der Waals surface area contributed by atoms with Crippen molar-refractivity contribution in [1.29, 1.82) is 0 Å². The van der Waals surface area contributed by atoms with Crippen LogP contribution in [0.1, 0.15) is 59.6 Å². The van der Waals surface area contributed by atoms with Gasteiger partial charge >= 0.3 is 5.97 Å². The lowest BCUT2D eigenvalue weighted by molar-refractivity contribution is 0.0186. The van der Waals surface area contributed by atoms with E-state index >= 15 is 0 Å². The molecule has 0 aliphatic carbocycles. The minimum atomic E-state index is -0.261. The maximum atomic E-state index is 13.1.